The molecule has 9 heteroatoms. The van der Waals surface area contributed by atoms with Crippen LogP contribution in [0.25, 0.3) is 16.8 Å². The van der Waals surface area contributed by atoms with Gasteiger partial charge in [0.15, 0.2) is 0 Å². The topological polar surface area (TPSA) is 118 Å². The molecule has 1 fully saturated rings. The van der Waals surface area contributed by atoms with Gasteiger partial charge in [-0.2, -0.15) is 0 Å². The maximum absolute atomic E-state index is 12.5. The Labute approximate surface area is 209 Å². The maximum atomic E-state index is 12.5. The van der Waals surface area contributed by atoms with Gasteiger partial charge in [0.2, 0.25) is 5.91 Å². The monoisotopic (exact) mass is 483 g/mol. The van der Waals surface area contributed by atoms with Gasteiger partial charge in [0.05, 0.1) is 12.6 Å². The molecule has 0 bridgehead atoms. The zero-order valence-corrected chi connectivity index (χ0v) is 20.2. The normalized spacial score (nSPS) is 16.0. The molecule has 0 saturated carbocycles. The van der Waals surface area contributed by atoms with E-state index in [2.05, 4.69) is 21.9 Å². The van der Waals surface area contributed by atoms with Gasteiger partial charge in [-0.15, -0.1) is 0 Å². The van der Waals surface area contributed by atoms with Crippen molar-refractivity contribution >= 4 is 29.4 Å². The minimum absolute atomic E-state index is 0.118. The first-order valence-corrected chi connectivity index (χ1v) is 11.8. The van der Waals surface area contributed by atoms with E-state index in [4.69, 9.17) is 10.7 Å². The summed E-state index contributed by atoms with van der Waals surface area (Å²) in [5.41, 5.74) is 8.90. The van der Waals surface area contributed by atoms with Gasteiger partial charge in [-0.3, -0.25) is 19.0 Å². The number of carbonyl (C=O) groups excluding carboxylic acids is 2. The second-order valence-electron chi connectivity index (χ2n) is 8.23. The highest BCUT2D eigenvalue weighted by Crippen LogP contribution is 2.36. The maximum Gasteiger partial charge on any atom is 0.251 e. The number of aromatic nitrogens is 3. The van der Waals surface area contributed by atoms with E-state index in [1.807, 2.05) is 47.9 Å². The minimum atomic E-state index is -0.202. The van der Waals surface area contributed by atoms with Gasteiger partial charge >= 0.3 is 0 Å². The number of nitrogen functional groups attached to an aromatic ring is 1. The van der Waals surface area contributed by atoms with Crippen molar-refractivity contribution in [2.24, 2.45) is 4.99 Å². The molecule has 0 unspecified atom stereocenters. The van der Waals surface area contributed by atoms with E-state index in [0.29, 0.717) is 35.7 Å². The molecular weight excluding hydrogens is 454 g/mol. The second-order valence-corrected chi connectivity index (χ2v) is 8.23. The number of likely N-dealkylation sites (tertiary alicyclic amines) is 1. The molecular formula is C27H29N7O2. The quantitative estimate of drug-likeness (QED) is 0.288. The lowest BCUT2D eigenvalue weighted by molar-refractivity contribution is -0.127. The highest BCUT2D eigenvalue weighted by Gasteiger charge is 2.33. The second kappa shape index (κ2) is 11.3. The fraction of sp³-hybridized carbons (Fsp3) is 0.222. The number of aliphatic imine (C=N–C) groups is 1. The number of benzene rings is 1. The van der Waals surface area contributed by atoms with Gasteiger partial charge in [-0.05, 0) is 44.1 Å². The molecule has 2 amide bonds. The van der Waals surface area contributed by atoms with Crippen molar-refractivity contribution in [1.82, 2.24) is 24.6 Å². The molecule has 0 spiro atoms. The minimum Gasteiger partial charge on any atom is -0.382 e. The molecule has 3 aromatic rings. The molecule has 1 aliphatic heterocycles. The Hall–Kier alpha value is -4.53. The number of hydrogen-bond donors (Lipinski definition) is 2. The van der Waals surface area contributed by atoms with E-state index in [1.165, 1.54) is 6.08 Å². The molecule has 1 atom stereocenters. The average Bonchev–Trinajstić information content (AvgIpc) is 3.53. The summed E-state index contributed by atoms with van der Waals surface area (Å²) in [6.45, 7) is 6.53. The largest absolute Gasteiger partial charge is 0.382 e. The lowest BCUT2D eigenvalue weighted by atomic mass is 10.1. The molecule has 3 N–H and O–H groups in total. The summed E-state index contributed by atoms with van der Waals surface area (Å²) in [5.74, 6) is 0.750. The van der Waals surface area contributed by atoms with Crippen LogP contribution in [-0.2, 0) is 4.79 Å². The van der Waals surface area contributed by atoms with Crippen molar-refractivity contribution in [2.75, 3.05) is 18.8 Å². The van der Waals surface area contributed by atoms with Crippen molar-refractivity contribution in [3.05, 3.63) is 85.1 Å². The van der Waals surface area contributed by atoms with Crippen LogP contribution >= 0.6 is 0 Å². The number of nitrogens with two attached hydrogens (primary N) is 1. The molecule has 36 heavy (non-hydrogen) atoms. The molecule has 0 aliphatic carbocycles. The Balaban J connectivity index is 1.58. The molecule has 184 valence electrons. The lowest BCUT2D eigenvalue weighted by Gasteiger charge is -2.22. The molecule has 9 nitrogen and oxygen atoms in total. The third kappa shape index (κ3) is 5.10. The van der Waals surface area contributed by atoms with Gasteiger partial charge in [-0.1, -0.05) is 30.9 Å². The summed E-state index contributed by atoms with van der Waals surface area (Å²) < 4.78 is 1.90. The van der Waals surface area contributed by atoms with E-state index in [1.54, 1.807) is 35.6 Å². The standard InChI is InChI=1S/C27H29N7O2/c1-3-5-6-13-29-14-15-31-27(36)20-11-9-19(10-12-20)23-24-25(28)30-16-18-34(24)26(32-23)21-8-7-17-33(21)22(35)4-2/h3-6,9-14,16,18,21H,2,7-8,15,17H2,1H3,(H2,28,30)(H,31,36)/b5-3-,13-6-,29-14+/t21-/m0/s1. The van der Waals surface area contributed by atoms with Crippen LogP contribution < -0.4 is 11.1 Å². The lowest BCUT2D eigenvalue weighted by Crippen LogP contribution is -2.29. The fourth-order valence-electron chi connectivity index (χ4n) is 4.28. The van der Waals surface area contributed by atoms with Gasteiger partial charge in [-0.25, -0.2) is 9.97 Å². The Kier molecular flexibility index (Phi) is 7.69. The zero-order valence-electron chi connectivity index (χ0n) is 20.2. The van der Waals surface area contributed by atoms with E-state index in [0.717, 1.165) is 24.2 Å². The van der Waals surface area contributed by atoms with Crippen molar-refractivity contribution in [2.45, 2.75) is 25.8 Å². The fourth-order valence-corrected chi connectivity index (χ4v) is 4.28. The zero-order chi connectivity index (χ0) is 25.5. The number of rotatable bonds is 8. The van der Waals surface area contributed by atoms with Crippen LogP contribution in [0.2, 0.25) is 0 Å². The highest BCUT2D eigenvalue weighted by atomic mass is 16.2. The molecule has 1 saturated heterocycles. The Morgan fingerprint density at radius 2 is 2.08 bits per heavy atom. The number of imidazole rings is 1. The molecule has 2 aromatic heterocycles. The van der Waals surface area contributed by atoms with E-state index in [-0.39, 0.29) is 17.9 Å². The van der Waals surface area contributed by atoms with Crippen LogP contribution in [0.15, 0.2) is 78.7 Å². The van der Waals surface area contributed by atoms with Crippen LogP contribution in [0, 0.1) is 0 Å². The Morgan fingerprint density at radius 1 is 1.28 bits per heavy atom. The number of fused-ring (bicyclic) bond motifs is 1. The van der Waals surface area contributed by atoms with E-state index >= 15 is 0 Å². The Bertz CT molecular complexity index is 1350. The van der Waals surface area contributed by atoms with E-state index in [9.17, 15) is 9.59 Å². The average molecular weight is 484 g/mol. The first-order valence-electron chi connectivity index (χ1n) is 11.8. The number of carbonyl (C=O) groups is 2. The number of nitrogens with one attached hydrogen (secondary N) is 1. The summed E-state index contributed by atoms with van der Waals surface area (Å²) >= 11 is 0. The van der Waals surface area contributed by atoms with Crippen molar-refractivity contribution in [1.29, 1.82) is 0 Å². The van der Waals surface area contributed by atoms with Crippen molar-refractivity contribution in [3.63, 3.8) is 0 Å². The molecule has 1 aliphatic rings. The van der Waals surface area contributed by atoms with Crippen LogP contribution in [0.3, 0.4) is 0 Å². The number of allylic oxidation sites excluding steroid dienone is 3. The van der Waals surface area contributed by atoms with Crippen LogP contribution in [0.5, 0.6) is 0 Å². The van der Waals surface area contributed by atoms with Crippen molar-refractivity contribution in [3.8, 4) is 11.3 Å². The van der Waals surface area contributed by atoms with Gasteiger partial charge in [0.25, 0.3) is 5.91 Å². The molecule has 0 radical (unpaired) electrons. The number of amides is 2. The third-order valence-electron chi connectivity index (χ3n) is 5.97. The van der Waals surface area contributed by atoms with Crippen LogP contribution in [-0.4, -0.2) is 50.4 Å². The summed E-state index contributed by atoms with van der Waals surface area (Å²) in [6, 6.07) is 6.98. The highest BCUT2D eigenvalue weighted by molar-refractivity contribution is 5.96. The molecule has 1 aromatic carbocycles. The number of nitrogens with zero attached hydrogens (tertiary/aromatic N) is 5. The Morgan fingerprint density at radius 3 is 2.83 bits per heavy atom. The predicted molar refractivity (Wildman–Crippen MR) is 141 cm³/mol. The molecule has 4 rings (SSSR count). The SMILES string of the molecule is C=CC(=O)N1CCC[C@H]1c1nc(-c2ccc(C(=O)NC/C=N/C=C\C=C/C)cc2)c2c(N)nccn12. The van der Waals surface area contributed by atoms with E-state index < -0.39 is 0 Å². The number of hydrogen-bond acceptors (Lipinski definition) is 6. The summed E-state index contributed by atoms with van der Waals surface area (Å²) in [7, 11) is 0. The molecule has 3 heterocycles. The number of anilines is 1. The van der Waals surface area contributed by atoms with Gasteiger partial charge < -0.3 is 16.0 Å². The summed E-state index contributed by atoms with van der Waals surface area (Å²) in [5, 5.41) is 2.81. The predicted octanol–water partition coefficient (Wildman–Crippen LogP) is 3.72. The van der Waals surface area contributed by atoms with Crippen LogP contribution in [0.1, 0.15) is 42.0 Å². The first kappa shape index (κ1) is 24.6. The van der Waals surface area contributed by atoms with Gasteiger partial charge in [0, 0.05) is 42.5 Å². The third-order valence-corrected chi connectivity index (χ3v) is 5.97. The smallest absolute Gasteiger partial charge is 0.251 e. The summed E-state index contributed by atoms with van der Waals surface area (Å²) in [6.07, 6.45) is 15.3. The van der Waals surface area contributed by atoms with Crippen molar-refractivity contribution < 1.29 is 9.59 Å². The van der Waals surface area contributed by atoms with Gasteiger partial charge in [0.1, 0.15) is 22.9 Å². The summed E-state index contributed by atoms with van der Waals surface area (Å²) in [4.78, 5) is 40.0. The first-order chi connectivity index (χ1) is 17.5. The van der Waals surface area contributed by atoms with Crippen LogP contribution in [0.4, 0.5) is 5.82 Å².